The Morgan fingerprint density at radius 3 is 2.34 bits per heavy atom. The number of carbonyl (C=O) groups is 2. The van der Waals surface area contributed by atoms with E-state index in [1.165, 1.54) is 5.69 Å². The van der Waals surface area contributed by atoms with E-state index >= 15 is 0 Å². The Kier molecular flexibility index (Phi) is 7.50. The molecule has 3 aliphatic heterocycles. The van der Waals surface area contributed by atoms with Crippen LogP contribution in [0.15, 0.2) is 60.7 Å². The molecule has 10 heteroatoms. The summed E-state index contributed by atoms with van der Waals surface area (Å²) in [6, 6.07) is 15.0. The number of fused-ring (bicyclic) bond motifs is 6. The lowest BCUT2D eigenvalue weighted by Crippen LogP contribution is -2.47. The third-order valence-electron chi connectivity index (χ3n) is 6.36. The molecule has 38 heavy (non-hydrogen) atoms. The summed E-state index contributed by atoms with van der Waals surface area (Å²) in [5, 5.41) is 0. The molecule has 196 valence electrons. The van der Waals surface area contributed by atoms with Gasteiger partial charge < -0.3 is 23.8 Å². The second-order valence-electron chi connectivity index (χ2n) is 8.81. The van der Waals surface area contributed by atoms with Gasteiger partial charge in [0, 0.05) is 50.6 Å². The molecule has 0 aliphatic carbocycles. The Morgan fingerprint density at radius 1 is 0.895 bits per heavy atom. The van der Waals surface area contributed by atoms with Crippen molar-refractivity contribution in [3.05, 3.63) is 66.4 Å². The van der Waals surface area contributed by atoms with Crippen molar-refractivity contribution in [2.45, 2.75) is 6.92 Å². The maximum Gasteiger partial charge on any atom is 0.336 e. The Hall–Kier alpha value is -4.44. The van der Waals surface area contributed by atoms with Crippen molar-refractivity contribution < 1.29 is 28.5 Å². The minimum absolute atomic E-state index is 0.124. The first-order valence-corrected chi connectivity index (χ1v) is 12.3. The van der Waals surface area contributed by atoms with Gasteiger partial charge in [0.15, 0.2) is 5.82 Å². The summed E-state index contributed by atoms with van der Waals surface area (Å²) >= 11 is 0. The number of para-hydroxylation sites is 1. The number of piperazine rings is 1. The predicted molar refractivity (Wildman–Crippen MR) is 140 cm³/mol. The van der Waals surface area contributed by atoms with Crippen LogP contribution < -0.4 is 23.8 Å². The van der Waals surface area contributed by atoms with Gasteiger partial charge in [-0.1, -0.05) is 12.1 Å². The van der Waals surface area contributed by atoms with E-state index in [9.17, 15) is 9.59 Å². The zero-order chi connectivity index (χ0) is 26.5. The highest BCUT2D eigenvalue weighted by atomic mass is 16.6. The van der Waals surface area contributed by atoms with Gasteiger partial charge in [-0.3, -0.25) is 4.90 Å². The van der Waals surface area contributed by atoms with Crippen molar-refractivity contribution in [2.75, 3.05) is 51.3 Å². The van der Waals surface area contributed by atoms with Crippen LogP contribution in [0, 0.1) is 6.92 Å². The first kappa shape index (κ1) is 25.2. The number of aromatic nitrogens is 2. The normalized spacial score (nSPS) is 16.5. The molecule has 0 saturated carbocycles. The zero-order valence-electron chi connectivity index (χ0n) is 21.3. The zero-order valence-corrected chi connectivity index (χ0v) is 21.3. The number of nitrogens with zero attached hydrogens (tertiary/aromatic N) is 4. The summed E-state index contributed by atoms with van der Waals surface area (Å²) in [6.45, 7) is 6.29. The molecular formula is C28H28N4O6. The van der Waals surface area contributed by atoms with Crippen LogP contribution in [0.1, 0.15) is 5.69 Å². The number of anilines is 1. The Balaban J connectivity index is 1.28. The minimum Gasteiger partial charge on any atom is -0.497 e. The number of ether oxygens (including phenoxy) is 4. The van der Waals surface area contributed by atoms with Gasteiger partial charge in [-0.2, -0.15) is 4.98 Å². The van der Waals surface area contributed by atoms with Crippen molar-refractivity contribution in [1.82, 2.24) is 14.9 Å². The molecule has 2 aromatic carbocycles. The molecule has 1 saturated heterocycles. The van der Waals surface area contributed by atoms with E-state index in [0.717, 1.165) is 44.1 Å². The molecule has 6 rings (SSSR count). The maximum absolute atomic E-state index is 12.3. The van der Waals surface area contributed by atoms with E-state index < -0.39 is 11.9 Å². The molecule has 10 nitrogen and oxygen atoms in total. The Bertz CT molecular complexity index is 1350. The number of hydrogen-bond donors (Lipinski definition) is 0. The van der Waals surface area contributed by atoms with Crippen molar-refractivity contribution in [2.24, 2.45) is 0 Å². The number of rotatable bonds is 6. The lowest BCUT2D eigenvalue weighted by atomic mass is 10.2. The number of methoxy groups -OCH3 is 1. The van der Waals surface area contributed by atoms with Crippen LogP contribution in [0.2, 0.25) is 0 Å². The van der Waals surface area contributed by atoms with Gasteiger partial charge in [0.05, 0.1) is 18.4 Å². The van der Waals surface area contributed by atoms with Gasteiger partial charge in [-0.15, -0.1) is 0 Å². The van der Waals surface area contributed by atoms with E-state index in [1.807, 2.05) is 12.1 Å². The van der Waals surface area contributed by atoms with Gasteiger partial charge in [-0.05, 0) is 43.3 Å². The monoisotopic (exact) mass is 516 g/mol. The van der Waals surface area contributed by atoms with E-state index in [2.05, 4.69) is 31.9 Å². The van der Waals surface area contributed by atoms with E-state index in [4.69, 9.17) is 18.9 Å². The number of esters is 2. The highest BCUT2D eigenvalue weighted by molar-refractivity contribution is 5.94. The second-order valence-corrected chi connectivity index (χ2v) is 8.81. The van der Waals surface area contributed by atoms with Crippen molar-refractivity contribution >= 4 is 17.6 Å². The fourth-order valence-corrected chi connectivity index (χ4v) is 4.32. The molecule has 0 unspecified atom stereocenters. The largest absolute Gasteiger partial charge is 0.497 e. The molecule has 1 aromatic heterocycles. The van der Waals surface area contributed by atoms with Crippen molar-refractivity contribution in [1.29, 1.82) is 0 Å². The number of carbonyl (C=O) groups excluding carboxylic acids is 2. The van der Waals surface area contributed by atoms with E-state index in [0.29, 0.717) is 30.2 Å². The van der Waals surface area contributed by atoms with Crippen LogP contribution >= 0.6 is 0 Å². The summed E-state index contributed by atoms with van der Waals surface area (Å²) in [5.41, 5.74) is 2.13. The van der Waals surface area contributed by atoms with Crippen LogP contribution in [0.4, 0.5) is 5.69 Å². The highest BCUT2D eigenvalue weighted by Crippen LogP contribution is 2.35. The average molecular weight is 517 g/mol. The maximum atomic E-state index is 12.3. The predicted octanol–water partition coefficient (Wildman–Crippen LogP) is 3.04. The van der Waals surface area contributed by atoms with Gasteiger partial charge in [-0.25, -0.2) is 14.6 Å². The van der Waals surface area contributed by atoms with Crippen molar-refractivity contribution in [3.8, 4) is 34.5 Å². The molecule has 4 heterocycles. The number of benzene rings is 2. The standard InChI is InChI=1S/C28H28N4O6/c1-19-26-28(36-18-17-31-13-15-32(16-14-31)20-7-9-21(35-2)10-8-20)30-27(29-19)22-5-3-4-6-23(22)37-24(33)11-12-25(34)38-26/h3-12H,13-18H2,1-2H3/b12-11-. The van der Waals surface area contributed by atoms with E-state index in [-0.39, 0.29) is 17.4 Å². The van der Waals surface area contributed by atoms with Crippen LogP contribution in [0.3, 0.4) is 0 Å². The summed E-state index contributed by atoms with van der Waals surface area (Å²) in [4.78, 5) is 38.1. The fourth-order valence-electron chi connectivity index (χ4n) is 4.32. The van der Waals surface area contributed by atoms with Gasteiger partial charge in [0.1, 0.15) is 18.1 Å². The molecule has 0 amide bonds. The SMILES string of the molecule is COc1ccc(N2CCN(CCOc3nc4nc(C)c3OC(=O)/C=C\C(=O)Oc3ccccc3-4)CC2)cc1. The molecule has 0 spiro atoms. The van der Waals surface area contributed by atoms with Crippen LogP contribution in [0.25, 0.3) is 11.4 Å². The van der Waals surface area contributed by atoms with Gasteiger partial charge in [0.25, 0.3) is 5.88 Å². The van der Waals surface area contributed by atoms with Gasteiger partial charge >= 0.3 is 11.9 Å². The minimum atomic E-state index is -0.755. The van der Waals surface area contributed by atoms with Crippen LogP contribution in [-0.2, 0) is 9.59 Å². The second kappa shape index (κ2) is 11.3. The highest BCUT2D eigenvalue weighted by Gasteiger charge is 2.22. The quantitative estimate of drug-likeness (QED) is 0.359. The third kappa shape index (κ3) is 5.76. The molecule has 0 atom stereocenters. The lowest BCUT2D eigenvalue weighted by molar-refractivity contribution is -0.131. The Labute approximate surface area is 220 Å². The lowest BCUT2D eigenvalue weighted by Gasteiger charge is -2.36. The topological polar surface area (TPSA) is 103 Å². The Morgan fingerprint density at radius 2 is 1.61 bits per heavy atom. The average Bonchev–Trinajstić information content (AvgIpc) is 2.94. The van der Waals surface area contributed by atoms with E-state index in [1.54, 1.807) is 38.3 Å². The molecule has 3 aliphatic rings. The summed E-state index contributed by atoms with van der Waals surface area (Å²) in [5.74, 6) is 0.254. The fraction of sp³-hybridized carbons (Fsp3) is 0.286. The molecule has 0 N–H and O–H groups in total. The molecule has 1 fully saturated rings. The van der Waals surface area contributed by atoms with Gasteiger partial charge in [0.2, 0.25) is 5.75 Å². The first-order chi connectivity index (χ1) is 18.5. The number of aryl methyl sites for hydroxylation is 1. The molecule has 0 radical (unpaired) electrons. The summed E-state index contributed by atoms with van der Waals surface area (Å²) in [6.07, 6.45) is 2.03. The first-order valence-electron chi connectivity index (χ1n) is 12.3. The van der Waals surface area contributed by atoms with Crippen molar-refractivity contribution in [3.63, 3.8) is 0 Å². The number of hydrogen-bond acceptors (Lipinski definition) is 10. The van der Waals surface area contributed by atoms with Crippen LogP contribution in [-0.4, -0.2) is 73.2 Å². The summed E-state index contributed by atoms with van der Waals surface area (Å²) < 4.78 is 22.1. The summed E-state index contributed by atoms with van der Waals surface area (Å²) in [7, 11) is 1.66. The third-order valence-corrected chi connectivity index (χ3v) is 6.36. The molecule has 3 aromatic rings. The van der Waals surface area contributed by atoms with Crippen LogP contribution in [0.5, 0.6) is 23.1 Å². The molecule has 2 bridgehead atoms. The smallest absolute Gasteiger partial charge is 0.336 e. The molecular weight excluding hydrogens is 488 g/mol.